The van der Waals surface area contributed by atoms with Crippen LogP contribution in [0.2, 0.25) is 5.02 Å². The van der Waals surface area contributed by atoms with Crippen LogP contribution >= 0.6 is 11.6 Å². The summed E-state index contributed by atoms with van der Waals surface area (Å²) in [7, 11) is 0. The Kier molecular flexibility index (Phi) is 5.30. The zero-order valence-corrected chi connectivity index (χ0v) is 16.9. The second kappa shape index (κ2) is 7.91. The van der Waals surface area contributed by atoms with E-state index in [4.69, 9.17) is 21.9 Å². The fourth-order valence-electron chi connectivity index (χ4n) is 4.09. The largest absolute Gasteiger partial charge is 0.368 e. The standard InChI is InChI=1S/C22H19ClFN3O3/c1-12-17(11-26-30-12)22(29)27(20(21(25)28)13-5-3-2-4-6-13)19-8-7-15-16(19)9-14(23)10-18(15)24/h2-6,9-11,19-20H,7-8H2,1H3,(H2,25,28)/t19-,20-/m1/s1. The number of benzene rings is 2. The first kappa shape index (κ1) is 20.1. The molecule has 0 radical (unpaired) electrons. The molecule has 30 heavy (non-hydrogen) atoms. The highest BCUT2D eigenvalue weighted by Gasteiger charge is 2.41. The zero-order valence-electron chi connectivity index (χ0n) is 16.1. The van der Waals surface area contributed by atoms with Gasteiger partial charge in [-0.1, -0.05) is 47.1 Å². The fraction of sp³-hybridized carbons (Fsp3) is 0.227. The van der Waals surface area contributed by atoms with Crippen molar-refractivity contribution in [3.63, 3.8) is 0 Å². The van der Waals surface area contributed by atoms with Gasteiger partial charge in [-0.15, -0.1) is 0 Å². The topological polar surface area (TPSA) is 89.4 Å². The van der Waals surface area contributed by atoms with Crippen molar-refractivity contribution in [1.82, 2.24) is 10.1 Å². The molecule has 1 aliphatic rings. The third-order valence-corrected chi connectivity index (χ3v) is 5.65. The van der Waals surface area contributed by atoms with Crippen LogP contribution in [0.4, 0.5) is 4.39 Å². The minimum absolute atomic E-state index is 0.216. The molecule has 2 aromatic carbocycles. The molecule has 0 bridgehead atoms. The lowest BCUT2D eigenvalue weighted by Crippen LogP contribution is -2.43. The number of hydrogen-bond acceptors (Lipinski definition) is 4. The molecule has 1 heterocycles. The number of carbonyl (C=O) groups is 2. The predicted molar refractivity (Wildman–Crippen MR) is 108 cm³/mol. The van der Waals surface area contributed by atoms with Crippen molar-refractivity contribution in [1.29, 1.82) is 0 Å². The van der Waals surface area contributed by atoms with Gasteiger partial charge in [0.25, 0.3) is 5.91 Å². The first-order chi connectivity index (χ1) is 14.4. The van der Waals surface area contributed by atoms with Gasteiger partial charge in [-0.2, -0.15) is 0 Å². The Balaban J connectivity index is 1.89. The van der Waals surface area contributed by atoms with E-state index in [1.54, 1.807) is 43.3 Å². The molecular weight excluding hydrogens is 409 g/mol. The first-order valence-corrected chi connectivity index (χ1v) is 9.82. The number of carbonyl (C=O) groups excluding carboxylic acids is 2. The molecule has 4 rings (SSSR count). The Bertz CT molecular complexity index is 1120. The molecule has 1 aliphatic carbocycles. The molecular formula is C22H19ClFN3O3. The number of rotatable bonds is 5. The Hall–Kier alpha value is -3.19. The van der Waals surface area contributed by atoms with E-state index in [1.165, 1.54) is 17.2 Å². The van der Waals surface area contributed by atoms with Gasteiger partial charge in [0, 0.05) is 5.02 Å². The van der Waals surface area contributed by atoms with Gasteiger partial charge in [-0.3, -0.25) is 9.59 Å². The summed E-state index contributed by atoms with van der Waals surface area (Å²) in [6, 6.07) is 10.0. The summed E-state index contributed by atoms with van der Waals surface area (Å²) >= 11 is 6.10. The second-order valence-corrected chi connectivity index (χ2v) is 7.67. The summed E-state index contributed by atoms with van der Waals surface area (Å²) in [5.74, 6) is -1.28. The maximum absolute atomic E-state index is 14.5. The molecule has 0 spiro atoms. The van der Waals surface area contributed by atoms with Gasteiger partial charge in [0.1, 0.15) is 23.2 Å². The van der Waals surface area contributed by atoms with Crippen molar-refractivity contribution < 1.29 is 18.5 Å². The van der Waals surface area contributed by atoms with E-state index in [0.29, 0.717) is 35.3 Å². The number of halogens is 2. The molecule has 8 heteroatoms. The van der Waals surface area contributed by atoms with E-state index in [9.17, 15) is 14.0 Å². The van der Waals surface area contributed by atoms with Gasteiger partial charge in [-0.25, -0.2) is 4.39 Å². The summed E-state index contributed by atoms with van der Waals surface area (Å²) in [5.41, 5.74) is 7.61. The van der Waals surface area contributed by atoms with Gasteiger partial charge in [0.2, 0.25) is 5.91 Å². The van der Waals surface area contributed by atoms with Crippen molar-refractivity contribution in [3.8, 4) is 0 Å². The van der Waals surface area contributed by atoms with Gasteiger partial charge in [0.05, 0.1) is 12.2 Å². The van der Waals surface area contributed by atoms with Crippen LogP contribution < -0.4 is 5.73 Å². The number of fused-ring (bicyclic) bond motifs is 1. The highest BCUT2D eigenvalue weighted by atomic mass is 35.5. The van der Waals surface area contributed by atoms with Crippen LogP contribution in [0.1, 0.15) is 51.3 Å². The number of nitrogens with zero attached hydrogens (tertiary/aromatic N) is 2. The number of aromatic nitrogens is 1. The molecule has 2 N–H and O–H groups in total. The lowest BCUT2D eigenvalue weighted by molar-refractivity contribution is -0.123. The van der Waals surface area contributed by atoms with Crippen molar-refractivity contribution in [2.45, 2.75) is 31.8 Å². The molecule has 154 valence electrons. The minimum atomic E-state index is -1.06. The minimum Gasteiger partial charge on any atom is -0.368 e. The third kappa shape index (κ3) is 3.45. The predicted octanol–water partition coefficient (Wildman–Crippen LogP) is 4.13. The molecule has 0 saturated carbocycles. The number of nitrogens with two attached hydrogens (primary N) is 1. The van der Waals surface area contributed by atoms with Crippen molar-refractivity contribution in [2.75, 3.05) is 0 Å². The molecule has 2 amide bonds. The molecule has 2 atom stereocenters. The molecule has 6 nitrogen and oxygen atoms in total. The number of hydrogen-bond donors (Lipinski definition) is 1. The Morgan fingerprint density at radius 1 is 1.30 bits per heavy atom. The average molecular weight is 428 g/mol. The van der Waals surface area contributed by atoms with Crippen LogP contribution in [0.15, 0.2) is 53.2 Å². The van der Waals surface area contributed by atoms with E-state index < -0.39 is 29.7 Å². The maximum atomic E-state index is 14.5. The van der Waals surface area contributed by atoms with Gasteiger partial charge < -0.3 is 15.2 Å². The van der Waals surface area contributed by atoms with Crippen LogP contribution in [-0.4, -0.2) is 21.9 Å². The van der Waals surface area contributed by atoms with E-state index >= 15 is 0 Å². The van der Waals surface area contributed by atoms with Crippen molar-refractivity contribution in [2.24, 2.45) is 5.73 Å². The van der Waals surface area contributed by atoms with E-state index in [-0.39, 0.29) is 10.6 Å². The monoisotopic (exact) mass is 427 g/mol. The van der Waals surface area contributed by atoms with Crippen molar-refractivity contribution in [3.05, 3.63) is 87.5 Å². The summed E-state index contributed by atoms with van der Waals surface area (Å²) in [6.45, 7) is 1.61. The van der Waals surface area contributed by atoms with E-state index in [0.717, 1.165) is 0 Å². The number of primary amides is 1. The molecule has 0 aliphatic heterocycles. The lowest BCUT2D eigenvalue weighted by atomic mass is 9.98. The zero-order chi connectivity index (χ0) is 21.4. The molecule has 0 saturated heterocycles. The Morgan fingerprint density at radius 2 is 2.03 bits per heavy atom. The van der Waals surface area contributed by atoms with Gasteiger partial charge in [-0.05, 0) is 48.6 Å². The first-order valence-electron chi connectivity index (χ1n) is 9.44. The van der Waals surface area contributed by atoms with Crippen LogP contribution in [0.25, 0.3) is 0 Å². The molecule has 0 fully saturated rings. The van der Waals surface area contributed by atoms with Crippen LogP contribution in [0, 0.1) is 12.7 Å². The fourth-order valence-corrected chi connectivity index (χ4v) is 4.30. The quantitative estimate of drug-likeness (QED) is 0.662. The molecule has 0 unspecified atom stereocenters. The SMILES string of the molecule is Cc1oncc1C(=O)N([C@@H]1CCc2c(F)cc(Cl)cc21)[C@@H](C(N)=O)c1ccccc1. The maximum Gasteiger partial charge on any atom is 0.260 e. The highest BCUT2D eigenvalue weighted by Crippen LogP contribution is 2.43. The van der Waals surface area contributed by atoms with Crippen molar-refractivity contribution >= 4 is 23.4 Å². The van der Waals surface area contributed by atoms with E-state index in [2.05, 4.69) is 5.16 Å². The molecule has 3 aromatic rings. The normalized spacial score (nSPS) is 16.2. The summed E-state index contributed by atoms with van der Waals surface area (Å²) in [4.78, 5) is 27.6. The number of amides is 2. The van der Waals surface area contributed by atoms with Crippen LogP contribution in [0.3, 0.4) is 0 Å². The summed E-state index contributed by atoms with van der Waals surface area (Å²) in [6.07, 6.45) is 2.15. The Labute approximate surface area is 177 Å². The summed E-state index contributed by atoms with van der Waals surface area (Å²) in [5, 5.41) is 3.91. The average Bonchev–Trinajstić information content (AvgIpc) is 3.32. The second-order valence-electron chi connectivity index (χ2n) is 7.23. The van der Waals surface area contributed by atoms with Gasteiger partial charge in [0.15, 0.2) is 0 Å². The third-order valence-electron chi connectivity index (χ3n) is 5.44. The van der Waals surface area contributed by atoms with Crippen LogP contribution in [-0.2, 0) is 11.2 Å². The number of aryl methyl sites for hydroxylation is 1. The Morgan fingerprint density at radius 3 is 2.67 bits per heavy atom. The van der Waals surface area contributed by atoms with Gasteiger partial charge >= 0.3 is 0 Å². The highest BCUT2D eigenvalue weighted by molar-refractivity contribution is 6.30. The summed E-state index contributed by atoms with van der Waals surface area (Å²) < 4.78 is 19.6. The molecule has 1 aromatic heterocycles. The van der Waals surface area contributed by atoms with E-state index in [1.807, 2.05) is 0 Å². The smallest absolute Gasteiger partial charge is 0.260 e. The lowest BCUT2D eigenvalue weighted by Gasteiger charge is -2.35. The van der Waals surface area contributed by atoms with Crippen LogP contribution in [0.5, 0.6) is 0 Å².